The van der Waals surface area contributed by atoms with E-state index in [1.165, 1.54) is 11.1 Å². The van der Waals surface area contributed by atoms with E-state index in [0.29, 0.717) is 31.7 Å². The molecule has 1 aliphatic rings. The first-order chi connectivity index (χ1) is 10.8. The largest absolute Gasteiger partial charge is 0.351 e. The Balaban J connectivity index is 2.19. The van der Waals surface area contributed by atoms with Crippen LogP contribution in [0.4, 0.5) is 21.9 Å². The molecular formula is C13H12Br2N4O3S. The molecule has 1 aromatic carbocycles. The Bertz CT molecular complexity index is 803. The second-order valence-corrected chi connectivity index (χ2v) is 8.26. The molecule has 0 spiro atoms. The van der Waals surface area contributed by atoms with E-state index in [-0.39, 0.29) is 5.75 Å². The number of anilines is 3. The second-order valence-electron chi connectivity index (χ2n) is 4.83. The molecule has 0 radical (unpaired) electrons. The third kappa shape index (κ3) is 3.04. The number of nitrogens with two attached hydrogens (primary N) is 1. The number of primary amides is 1. The highest BCUT2D eigenvalue weighted by Gasteiger charge is 2.33. The van der Waals surface area contributed by atoms with Gasteiger partial charge in [0, 0.05) is 10.0 Å². The fraction of sp³-hybridized carbons (Fsp3) is 0.0769. The number of benzene rings is 1. The fourth-order valence-electron chi connectivity index (χ4n) is 2.33. The fourth-order valence-corrected chi connectivity index (χ4v) is 4.73. The number of hydrogen-bond donors (Lipinski definition) is 4. The molecule has 0 unspecified atom stereocenters. The average molecular weight is 464 g/mol. The third-order valence-electron chi connectivity index (χ3n) is 3.27. The summed E-state index contributed by atoms with van der Waals surface area (Å²) in [6.45, 7) is 0. The van der Waals surface area contributed by atoms with E-state index in [2.05, 4.69) is 41.6 Å². The molecular weight excluding hydrogens is 452 g/mol. The minimum absolute atomic E-state index is 0.00627. The number of pyridine rings is 1. The lowest BCUT2D eigenvalue weighted by Gasteiger charge is -2.28. The molecule has 1 aromatic heterocycles. The van der Waals surface area contributed by atoms with Gasteiger partial charge < -0.3 is 5.73 Å². The number of nitrogens with zero attached hydrogens (tertiary/aromatic N) is 2. The zero-order chi connectivity index (χ0) is 16.8. The standard InChI is InChI=1S/C13H12Br2N4O3S/c14-8-3-1-2-4-9(8)19(13(16)20)10-5-17-12(15)7-6-23(21,22)18-11(7)10/h1-5,18,21-22H,6H2,(H2,16,20). The summed E-state index contributed by atoms with van der Waals surface area (Å²) in [7, 11) is -3.01. The normalized spacial score (nSPS) is 16.3. The number of hydrogen-bond acceptors (Lipinski definition) is 5. The van der Waals surface area contributed by atoms with Crippen LogP contribution in [0, 0.1) is 0 Å². The highest BCUT2D eigenvalue weighted by atomic mass is 79.9. The van der Waals surface area contributed by atoms with Crippen molar-refractivity contribution in [3.05, 3.63) is 45.1 Å². The van der Waals surface area contributed by atoms with E-state index >= 15 is 0 Å². The number of urea groups is 1. The number of carbonyl (C=O) groups is 1. The Labute approximate surface area is 150 Å². The molecule has 2 amide bonds. The van der Waals surface area contributed by atoms with Crippen molar-refractivity contribution >= 4 is 65.7 Å². The summed E-state index contributed by atoms with van der Waals surface area (Å²) in [6, 6.07) is 6.36. The van der Waals surface area contributed by atoms with Crippen molar-refractivity contribution in [2.24, 2.45) is 5.73 Å². The molecule has 2 aromatic rings. The Morgan fingerprint density at radius 2 is 2.00 bits per heavy atom. The summed E-state index contributed by atoms with van der Waals surface area (Å²) < 4.78 is 23.7. The van der Waals surface area contributed by atoms with E-state index in [1.54, 1.807) is 18.2 Å². The van der Waals surface area contributed by atoms with Crippen molar-refractivity contribution in [2.75, 3.05) is 9.62 Å². The van der Waals surface area contributed by atoms with Gasteiger partial charge in [0.2, 0.25) is 0 Å². The molecule has 0 aliphatic carbocycles. The molecule has 10 heteroatoms. The van der Waals surface area contributed by atoms with Gasteiger partial charge in [-0.25, -0.2) is 9.78 Å². The molecule has 0 fully saturated rings. The molecule has 7 nitrogen and oxygen atoms in total. The number of nitrogens with one attached hydrogen (secondary N) is 1. The SMILES string of the molecule is NC(=O)N(c1ccccc1Br)c1cnc(Br)c2c1NS(O)(O)C2. The van der Waals surface area contributed by atoms with Crippen molar-refractivity contribution < 1.29 is 13.9 Å². The highest BCUT2D eigenvalue weighted by Crippen LogP contribution is 2.55. The molecule has 2 heterocycles. The van der Waals surface area contributed by atoms with Crippen LogP contribution in [-0.4, -0.2) is 20.1 Å². The van der Waals surface area contributed by atoms with E-state index in [4.69, 9.17) is 5.73 Å². The minimum atomic E-state index is -3.01. The van der Waals surface area contributed by atoms with Gasteiger partial charge in [-0.2, -0.15) is 0 Å². The number of fused-ring (bicyclic) bond motifs is 1. The molecule has 0 bridgehead atoms. The third-order valence-corrected chi connectivity index (χ3v) is 5.85. The molecule has 5 N–H and O–H groups in total. The van der Waals surface area contributed by atoms with Crippen LogP contribution in [0.15, 0.2) is 39.5 Å². The lowest BCUT2D eigenvalue weighted by molar-refractivity contribution is 0.256. The summed E-state index contributed by atoms with van der Waals surface area (Å²) in [5.74, 6) is 0.00627. The van der Waals surface area contributed by atoms with Crippen molar-refractivity contribution in [2.45, 2.75) is 5.75 Å². The van der Waals surface area contributed by atoms with Crippen LogP contribution in [0.25, 0.3) is 0 Å². The highest BCUT2D eigenvalue weighted by molar-refractivity contribution is 9.10. The van der Waals surface area contributed by atoms with Crippen LogP contribution in [0.5, 0.6) is 0 Å². The number of halogens is 2. The summed E-state index contributed by atoms with van der Waals surface area (Å²) in [6.07, 6.45) is 1.45. The van der Waals surface area contributed by atoms with Crippen LogP contribution in [0.2, 0.25) is 0 Å². The van der Waals surface area contributed by atoms with Crippen molar-refractivity contribution in [3.8, 4) is 0 Å². The molecule has 0 saturated carbocycles. The average Bonchev–Trinajstić information content (AvgIpc) is 2.80. The lowest BCUT2D eigenvalue weighted by Crippen LogP contribution is -2.32. The van der Waals surface area contributed by atoms with Gasteiger partial charge in [-0.15, -0.1) is 10.8 Å². The number of aromatic nitrogens is 1. The molecule has 0 saturated heterocycles. The Morgan fingerprint density at radius 3 is 2.65 bits per heavy atom. The van der Waals surface area contributed by atoms with Crippen molar-refractivity contribution in [1.82, 2.24) is 4.98 Å². The van der Waals surface area contributed by atoms with E-state index in [9.17, 15) is 13.9 Å². The quantitative estimate of drug-likeness (QED) is 0.492. The van der Waals surface area contributed by atoms with E-state index < -0.39 is 16.8 Å². The molecule has 122 valence electrons. The maximum atomic E-state index is 12.0. The second kappa shape index (κ2) is 5.95. The van der Waals surface area contributed by atoms with Gasteiger partial charge in [0.1, 0.15) is 4.60 Å². The Morgan fingerprint density at radius 1 is 1.30 bits per heavy atom. The predicted octanol–water partition coefficient (Wildman–Crippen LogP) is 4.41. The molecule has 3 rings (SSSR count). The summed E-state index contributed by atoms with van der Waals surface area (Å²) in [4.78, 5) is 17.5. The maximum Gasteiger partial charge on any atom is 0.324 e. The smallest absolute Gasteiger partial charge is 0.324 e. The summed E-state index contributed by atoms with van der Waals surface area (Å²) >= 11 is 6.67. The number of carbonyl (C=O) groups excluding carboxylic acids is 1. The zero-order valence-corrected chi connectivity index (χ0v) is 15.5. The van der Waals surface area contributed by atoms with Crippen LogP contribution >= 0.6 is 42.6 Å². The summed E-state index contributed by atoms with van der Waals surface area (Å²) in [5.41, 5.74) is 7.42. The predicted molar refractivity (Wildman–Crippen MR) is 98.0 cm³/mol. The van der Waals surface area contributed by atoms with Crippen molar-refractivity contribution in [3.63, 3.8) is 0 Å². The summed E-state index contributed by atoms with van der Waals surface area (Å²) in [5, 5.41) is 0. The monoisotopic (exact) mass is 462 g/mol. The van der Waals surface area contributed by atoms with Crippen molar-refractivity contribution in [1.29, 1.82) is 0 Å². The van der Waals surface area contributed by atoms with Crippen LogP contribution < -0.4 is 15.4 Å². The maximum absolute atomic E-state index is 12.0. The Kier molecular flexibility index (Phi) is 4.27. The Hall–Kier alpha value is -1.33. The van der Waals surface area contributed by atoms with Crippen LogP contribution in [-0.2, 0) is 5.75 Å². The number of amides is 2. The first-order valence-corrected chi connectivity index (χ1v) is 9.65. The minimum Gasteiger partial charge on any atom is -0.351 e. The van der Waals surface area contributed by atoms with Crippen LogP contribution in [0.3, 0.4) is 0 Å². The first kappa shape index (κ1) is 16.5. The first-order valence-electron chi connectivity index (χ1n) is 6.35. The van der Waals surface area contributed by atoms with Gasteiger partial charge in [0.05, 0.1) is 29.0 Å². The lowest BCUT2D eigenvalue weighted by atomic mass is 10.2. The van der Waals surface area contributed by atoms with E-state index in [0.717, 1.165) is 0 Å². The van der Waals surface area contributed by atoms with E-state index in [1.807, 2.05) is 6.07 Å². The van der Waals surface area contributed by atoms with Gasteiger partial charge in [-0.05, 0) is 44.0 Å². The molecule has 0 atom stereocenters. The molecule has 23 heavy (non-hydrogen) atoms. The number of rotatable bonds is 2. The van der Waals surface area contributed by atoms with Gasteiger partial charge >= 0.3 is 6.03 Å². The number of para-hydroxylation sites is 1. The van der Waals surface area contributed by atoms with Gasteiger partial charge in [0.15, 0.2) is 0 Å². The zero-order valence-electron chi connectivity index (χ0n) is 11.5. The molecule has 1 aliphatic heterocycles. The van der Waals surface area contributed by atoms with Gasteiger partial charge in [0.25, 0.3) is 0 Å². The topological polar surface area (TPSA) is 112 Å². The van der Waals surface area contributed by atoms with Gasteiger partial charge in [-0.1, -0.05) is 12.1 Å². The van der Waals surface area contributed by atoms with Gasteiger partial charge in [-0.3, -0.25) is 18.7 Å². The van der Waals surface area contributed by atoms with Crippen LogP contribution in [0.1, 0.15) is 5.56 Å².